The van der Waals surface area contributed by atoms with Crippen LogP contribution in [0.1, 0.15) is 21.6 Å². The number of amides is 1. The second-order valence-corrected chi connectivity index (χ2v) is 7.59. The third kappa shape index (κ3) is 5.00. The Balaban J connectivity index is 1.36. The largest absolute Gasteiger partial charge is 0.417 e. The quantitative estimate of drug-likeness (QED) is 0.598. The van der Waals surface area contributed by atoms with Crippen LogP contribution in [0.4, 0.5) is 24.8 Å². The lowest BCUT2D eigenvalue weighted by atomic mass is 10.1. The molecule has 0 unspecified atom stereocenters. The predicted octanol–water partition coefficient (Wildman–Crippen LogP) is 3.57. The molecule has 0 bridgehead atoms. The highest BCUT2D eigenvalue weighted by Gasteiger charge is 2.35. The molecule has 0 aliphatic carbocycles. The van der Waals surface area contributed by atoms with Crippen molar-refractivity contribution in [3.8, 4) is 0 Å². The van der Waals surface area contributed by atoms with Crippen molar-refractivity contribution >= 4 is 29.1 Å². The summed E-state index contributed by atoms with van der Waals surface area (Å²) >= 11 is 5.90. The SMILES string of the molecule is O=C(c1cccc(C(F)(F)F)c1Cl)N1CCN(Cc2cncc(Nc3cc[nH]n3)n2)CC1. The van der Waals surface area contributed by atoms with E-state index in [1.54, 1.807) is 24.7 Å². The van der Waals surface area contributed by atoms with E-state index < -0.39 is 22.7 Å². The van der Waals surface area contributed by atoms with E-state index in [2.05, 4.69) is 30.4 Å². The molecule has 1 aliphatic rings. The first-order valence-corrected chi connectivity index (χ1v) is 10.1. The number of alkyl halides is 3. The molecule has 3 aromatic rings. The van der Waals surface area contributed by atoms with Crippen molar-refractivity contribution < 1.29 is 18.0 Å². The molecule has 0 saturated carbocycles. The number of benzene rings is 1. The fourth-order valence-electron chi connectivity index (χ4n) is 3.43. The first kappa shape index (κ1) is 22.0. The van der Waals surface area contributed by atoms with Crippen LogP contribution in [0.3, 0.4) is 0 Å². The average molecular weight is 466 g/mol. The van der Waals surface area contributed by atoms with Crippen molar-refractivity contribution in [1.29, 1.82) is 0 Å². The minimum absolute atomic E-state index is 0.141. The van der Waals surface area contributed by atoms with Gasteiger partial charge in [0.2, 0.25) is 0 Å². The van der Waals surface area contributed by atoms with Crippen LogP contribution in [0.2, 0.25) is 5.02 Å². The second kappa shape index (κ2) is 9.13. The number of nitrogens with zero attached hydrogens (tertiary/aromatic N) is 5. The molecule has 3 heterocycles. The number of carbonyl (C=O) groups is 1. The molecule has 1 amide bonds. The smallest absolute Gasteiger partial charge is 0.336 e. The van der Waals surface area contributed by atoms with Gasteiger partial charge in [0.15, 0.2) is 5.82 Å². The number of aromatic amines is 1. The maximum Gasteiger partial charge on any atom is 0.417 e. The Morgan fingerprint density at radius 1 is 1.12 bits per heavy atom. The molecule has 2 aromatic heterocycles. The van der Waals surface area contributed by atoms with Crippen molar-refractivity contribution in [2.45, 2.75) is 12.7 Å². The summed E-state index contributed by atoms with van der Waals surface area (Å²) in [7, 11) is 0. The minimum Gasteiger partial charge on any atom is -0.336 e. The van der Waals surface area contributed by atoms with Crippen LogP contribution < -0.4 is 5.32 Å². The van der Waals surface area contributed by atoms with Gasteiger partial charge in [0.1, 0.15) is 5.82 Å². The molecular formula is C20H19ClF3N7O. The molecule has 0 radical (unpaired) electrons. The summed E-state index contributed by atoms with van der Waals surface area (Å²) < 4.78 is 39.3. The summed E-state index contributed by atoms with van der Waals surface area (Å²) in [6.07, 6.45) is 0.323. The molecule has 1 aliphatic heterocycles. The molecule has 8 nitrogen and oxygen atoms in total. The summed E-state index contributed by atoms with van der Waals surface area (Å²) in [4.78, 5) is 25.1. The number of rotatable bonds is 5. The maximum absolute atomic E-state index is 13.1. The van der Waals surface area contributed by atoms with Gasteiger partial charge >= 0.3 is 6.18 Å². The van der Waals surface area contributed by atoms with Crippen LogP contribution in [0.5, 0.6) is 0 Å². The normalized spacial score (nSPS) is 15.1. The van der Waals surface area contributed by atoms with Crippen LogP contribution in [0.25, 0.3) is 0 Å². The number of aromatic nitrogens is 4. The van der Waals surface area contributed by atoms with Gasteiger partial charge < -0.3 is 10.2 Å². The second-order valence-electron chi connectivity index (χ2n) is 7.21. The Morgan fingerprint density at radius 3 is 2.59 bits per heavy atom. The van der Waals surface area contributed by atoms with E-state index in [-0.39, 0.29) is 5.56 Å². The molecule has 1 aromatic carbocycles. The van der Waals surface area contributed by atoms with Gasteiger partial charge in [-0.25, -0.2) is 4.98 Å². The number of H-pyrrole nitrogens is 1. The average Bonchev–Trinajstić information content (AvgIpc) is 3.26. The summed E-state index contributed by atoms with van der Waals surface area (Å²) in [6.45, 7) is 2.34. The highest BCUT2D eigenvalue weighted by molar-refractivity contribution is 6.34. The number of carbonyl (C=O) groups excluding carboxylic acids is 1. The van der Waals surface area contributed by atoms with Gasteiger partial charge in [0.05, 0.1) is 28.0 Å². The minimum atomic E-state index is -4.62. The van der Waals surface area contributed by atoms with E-state index in [0.29, 0.717) is 44.4 Å². The Bertz CT molecular complexity index is 1080. The zero-order valence-electron chi connectivity index (χ0n) is 16.7. The lowest BCUT2D eigenvalue weighted by Crippen LogP contribution is -2.48. The lowest BCUT2D eigenvalue weighted by molar-refractivity contribution is -0.137. The number of hydrogen-bond acceptors (Lipinski definition) is 6. The van der Waals surface area contributed by atoms with Gasteiger partial charge in [-0.1, -0.05) is 17.7 Å². The van der Waals surface area contributed by atoms with Gasteiger partial charge in [-0.05, 0) is 12.1 Å². The van der Waals surface area contributed by atoms with Gasteiger partial charge in [-0.2, -0.15) is 18.3 Å². The number of halogens is 4. The predicted molar refractivity (Wildman–Crippen MR) is 112 cm³/mol. The van der Waals surface area contributed by atoms with Gasteiger partial charge in [0.25, 0.3) is 5.91 Å². The van der Waals surface area contributed by atoms with Crippen LogP contribution in [0.15, 0.2) is 42.9 Å². The highest BCUT2D eigenvalue weighted by atomic mass is 35.5. The third-order valence-corrected chi connectivity index (χ3v) is 5.43. The fraction of sp³-hybridized carbons (Fsp3) is 0.300. The molecule has 32 heavy (non-hydrogen) atoms. The zero-order valence-corrected chi connectivity index (χ0v) is 17.5. The third-order valence-electron chi connectivity index (χ3n) is 5.02. The van der Waals surface area contributed by atoms with Crippen LogP contribution in [-0.4, -0.2) is 62.1 Å². The molecule has 0 spiro atoms. The number of piperazine rings is 1. The van der Waals surface area contributed by atoms with Crippen molar-refractivity contribution in [3.05, 3.63) is 64.7 Å². The van der Waals surface area contributed by atoms with Gasteiger partial charge in [0, 0.05) is 51.2 Å². The first-order chi connectivity index (χ1) is 15.3. The van der Waals surface area contributed by atoms with Gasteiger partial charge in [-0.3, -0.25) is 19.8 Å². The standard InChI is InChI=1S/C20H19ClF3N7O/c21-18-14(2-1-3-15(18)20(22,23)24)19(32)31-8-6-30(7-9-31)12-13-10-25-11-17(27-13)28-16-4-5-26-29-16/h1-5,10-11H,6-9,12H2,(H2,26,27,28,29). The van der Waals surface area contributed by atoms with Crippen molar-refractivity contribution in [2.24, 2.45) is 0 Å². The summed E-state index contributed by atoms with van der Waals surface area (Å²) in [5.41, 5.74) is -0.408. The van der Waals surface area contributed by atoms with E-state index in [4.69, 9.17) is 11.6 Å². The molecular weight excluding hydrogens is 447 g/mol. The van der Waals surface area contributed by atoms with Crippen LogP contribution in [0, 0.1) is 0 Å². The lowest BCUT2D eigenvalue weighted by Gasteiger charge is -2.34. The summed E-state index contributed by atoms with van der Waals surface area (Å²) in [6, 6.07) is 5.15. The number of nitrogens with one attached hydrogen (secondary N) is 2. The van der Waals surface area contributed by atoms with Gasteiger partial charge in [-0.15, -0.1) is 0 Å². The Morgan fingerprint density at radius 2 is 1.91 bits per heavy atom. The van der Waals surface area contributed by atoms with Crippen LogP contribution >= 0.6 is 11.6 Å². The van der Waals surface area contributed by atoms with E-state index >= 15 is 0 Å². The summed E-state index contributed by atoms with van der Waals surface area (Å²) in [5.74, 6) is 0.671. The zero-order chi connectivity index (χ0) is 22.7. The monoisotopic (exact) mass is 465 g/mol. The molecule has 0 atom stereocenters. The molecule has 1 saturated heterocycles. The van der Waals surface area contributed by atoms with E-state index in [1.807, 2.05) is 0 Å². The number of hydrogen-bond donors (Lipinski definition) is 2. The number of anilines is 2. The van der Waals surface area contributed by atoms with Crippen molar-refractivity contribution in [2.75, 3.05) is 31.5 Å². The summed E-state index contributed by atoms with van der Waals surface area (Å²) in [5, 5.41) is 9.19. The molecule has 2 N–H and O–H groups in total. The van der Waals surface area contributed by atoms with Crippen LogP contribution in [-0.2, 0) is 12.7 Å². The molecule has 12 heteroatoms. The molecule has 4 rings (SSSR count). The van der Waals surface area contributed by atoms with E-state index in [0.717, 1.165) is 11.8 Å². The maximum atomic E-state index is 13.1. The Kier molecular flexibility index (Phi) is 6.28. The first-order valence-electron chi connectivity index (χ1n) is 9.76. The van der Waals surface area contributed by atoms with E-state index in [1.165, 1.54) is 17.0 Å². The Hall–Kier alpha value is -3.18. The van der Waals surface area contributed by atoms with Crippen molar-refractivity contribution in [3.63, 3.8) is 0 Å². The van der Waals surface area contributed by atoms with E-state index in [9.17, 15) is 18.0 Å². The Labute approximate surface area is 186 Å². The van der Waals surface area contributed by atoms with Crippen molar-refractivity contribution in [1.82, 2.24) is 30.0 Å². The fourth-order valence-corrected chi connectivity index (χ4v) is 3.74. The molecule has 1 fully saturated rings. The molecule has 168 valence electrons. The highest BCUT2D eigenvalue weighted by Crippen LogP contribution is 2.36. The topological polar surface area (TPSA) is 90.0 Å².